The Hall–Kier alpha value is -2.81. The predicted octanol–water partition coefficient (Wildman–Crippen LogP) is 4.26. The van der Waals surface area contributed by atoms with Crippen LogP contribution >= 0.6 is 11.8 Å². The first kappa shape index (κ1) is 19.9. The standard InChI is InChI=1S/C19H16F3N3O2S/c1-11-6-8-12(9-7-11)23-18-25-17(27)15(28-18)10-16(26)24-14-5-3-2-4-13(14)19(20,21)22/h2-9,15H,10H2,1H3,(H,24,26)(H,23,25,27)/t15-/m1/s1. The highest BCUT2D eigenvalue weighted by Crippen LogP contribution is 2.35. The summed E-state index contributed by atoms with van der Waals surface area (Å²) in [5, 5.41) is 4.42. The van der Waals surface area contributed by atoms with Gasteiger partial charge in [-0.25, -0.2) is 4.99 Å². The molecular formula is C19H16F3N3O2S. The van der Waals surface area contributed by atoms with Crippen LogP contribution in [0.25, 0.3) is 0 Å². The van der Waals surface area contributed by atoms with Gasteiger partial charge in [0.15, 0.2) is 5.17 Å². The molecule has 0 aromatic heterocycles. The summed E-state index contributed by atoms with van der Waals surface area (Å²) in [6.07, 6.45) is -4.85. The lowest BCUT2D eigenvalue weighted by molar-refractivity contribution is -0.137. The molecule has 2 aromatic carbocycles. The second-order valence-electron chi connectivity index (χ2n) is 6.14. The second kappa shape index (κ2) is 8.05. The Balaban J connectivity index is 1.65. The van der Waals surface area contributed by atoms with Crippen LogP contribution in [-0.2, 0) is 15.8 Å². The predicted molar refractivity (Wildman–Crippen MR) is 102 cm³/mol. The van der Waals surface area contributed by atoms with Gasteiger partial charge in [-0.15, -0.1) is 0 Å². The molecule has 28 heavy (non-hydrogen) atoms. The molecule has 1 heterocycles. The van der Waals surface area contributed by atoms with Crippen molar-refractivity contribution in [2.75, 3.05) is 5.32 Å². The summed E-state index contributed by atoms with van der Waals surface area (Å²) >= 11 is 1.07. The van der Waals surface area contributed by atoms with E-state index in [0.29, 0.717) is 10.9 Å². The quantitative estimate of drug-likeness (QED) is 0.796. The first-order valence-electron chi connectivity index (χ1n) is 8.31. The van der Waals surface area contributed by atoms with Crippen LogP contribution in [0.2, 0.25) is 0 Å². The Bertz CT molecular complexity index is 927. The summed E-state index contributed by atoms with van der Waals surface area (Å²) in [5.41, 5.74) is 0.448. The van der Waals surface area contributed by atoms with Crippen molar-refractivity contribution in [3.05, 3.63) is 59.7 Å². The summed E-state index contributed by atoms with van der Waals surface area (Å²) in [7, 11) is 0. The number of alkyl halides is 3. The highest BCUT2D eigenvalue weighted by atomic mass is 32.2. The van der Waals surface area contributed by atoms with Crippen LogP contribution in [0, 0.1) is 6.92 Å². The number of benzene rings is 2. The van der Waals surface area contributed by atoms with E-state index in [2.05, 4.69) is 15.6 Å². The Morgan fingerprint density at radius 2 is 1.86 bits per heavy atom. The fourth-order valence-electron chi connectivity index (χ4n) is 2.54. The van der Waals surface area contributed by atoms with Crippen molar-refractivity contribution in [1.29, 1.82) is 0 Å². The third kappa shape index (κ3) is 4.92. The van der Waals surface area contributed by atoms with E-state index in [1.54, 1.807) is 12.1 Å². The Kier molecular flexibility index (Phi) is 5.73. The van der Waals surface area contributed by atoms with Crippen LogP contribution in [0.5, 0.6) is 0 Å². The minimum absolute atomic E-state index is 0.268. The molecule has 2 aromatic rings. The number of para-hydroxylation sites is 1. The molecule has 3 rings (SSSR count). The third-order valence-electron chi connectivity index (χ3n) is 3.92. The molecule has 0 bridgehead atoms. The number of anilines is 1. The molecule has 0 radical (unpaired) electrons. The van der Waals surface area contributed by atoms with Crippen LogP contribution in [0.4, 0.5) is 24.5 Å². The van der Waals surface area contributed by atoms with Gasteiger partial charge in [-0.2, -0.15) is 13.2 Å². The molecule has 2 N–H and O–H groups in total. The minimum atomic E-state index is -4.59. The fourth-order valence-corrected chi connectivity index (χ4v) is 3.53. The molecule has 0 aliphatic carbocycles. The van der Waals surface area contributed by atoms with Gasteiger partial charge in [-0.1, -0.05) is 41.6 Å². The molecule has 1 fully saturated rings. The zero-order chi connectivity index (χ0) is 20.3. The van der Waals surface area contributed by atoms with Gasteiger partial charge >= 0.3 is 6.18 Å². The molecule has 146 valence electrons. The highest BCUT2D eigenvalue weighted by Gasteiger charge is 2.35. The zero-order valence-electron chi connectivity index (χ0n) is 14.7. The molecule has 5 nitrogen and oxygen atoms in total. The van der Waals surface area contributed by atoms with Crippen molar-refractivity contribution in [2.45, 2.75) is 24.8 Å². The number of carbonyl (C=O) groups is 2. The summed E-state index contributed by atoms with van der Waals surface area (Å²) < 4.78 is 39.0. The van der Waals surface area contributed by atoms with E-state index < -0.39 is 28.8 Å². The fraction of sp³-hybridized carbons (Fsp3) is 0.211. The van der Waals surface area contributed by atoms with Gasteiger partial charge in [0.2, 0.25) is 11.8 Å². The first-order chi connectivity index (χ1) is 13.2. The monoisotopic (exact) mass is 407 g/mol. The van der Waals surface area contributed by atoms with Crippen LogP contribution < -0.4 is 10.6 Å². The first-order valence-corrected chi connectivity index (χ1v) is 9.19. The van der Waals surface area contributed by atoms with Crippen molar-refractivity contribution < 1.29 is 22.8 Å². The van der Waals surface area contributed by atoms with E-state index >= 15 is 0 Å². The Labute approximate surface area is 163 Å². The van der Waals surface area contributed by atoms with Crippen LogP contribution in [0.15, 0.2) is 53.5 Å². The van der Waals surface area contributed by atoms with Gasteiger partial charge in [-0.05, 0) is 31.2 Å². The van der Waals surface area contributed by atoms with Gasteiger partial charge in [0, 0.05) is 6.42 Å². The highest BCUT2D eigenvalue weighted by molar-refractivity contribution is 8.15. The molecule has 1 aliphatic rings. The molecule has 9 heteroatoms. The van der Waals surface area contributed by atoms with E-state index in [9.17, 15) is 22.8 Å². The maximum absolute atomic E-state index is 13.0. The largest absolute Gasteiger partial charge is 0.418 e. The molecule has 0 unspecified atom stereocenters. The summed E-state index contributed by atoms with van der Waals surface area (Å²) in [4.78, 5) is 28.6. The number of aryl methyl sites for hydroxylation is 1. The van der Waals surface area contributed by atoms with Gasteiger partial charge in [0.05, 0.1) is 16.9 Å². The summed E-state index contributed by atoms with van der Waals surface area (Å²) in [6, 6.07) is 12.0. The zero-order valence-corrected chi connectivity index (χ0v) is 15.5. The lowest BCUT2D eigenvalue weighted by Gasteiger charge is -2.14. The van der Waals surface area contributed by atoms with Gasteiger partial charge in [-0.3, -0.25) is 9.59 Å². The minimum Gasteiger partial charge on any atom is -0.325 e. The lowest BCUT2D eigenvalue weighted by atomic mass is 10.1. The van der Waals surface area contributed by atoms with Gasteiger partial charge in [0.1, 0.15) is 5.25 Å². The number of nitrogens with zero attached hydrogens (tertiary/aromatic N) is 1. The second-order valence-corrected chi connectivity index (χ2v) is 7.34. The van der Waals surface area contributed by atoms with Crippen molar-refractivity contribution in [1.82, 2.24) is 5.32 Å². The smallest absolute Gasteiger partial charge is 0.325 e. The van der Waals surface area contributed by atoms with Gasteiger partial charge < -0.3 is 10.6 Å². The average molecular weight is 407 g/mol. The normalized spacial score (nSPS) is 18.2. The number of carbonyl (C=O) groups excluding carboxylic acids is 2. The summed E-state index contributed by atoms with van der Waals surface area (Å²) in [5.74, 6) is -1.09. The number of nitrogens with one attached hydrogen (secondary N) is 2. The summed E-state index contributed by atoms with van der Waals surface area (Å²) in [6.45, 7) is 1.94. The molecular weight excluding hydrogens is 391 g/mol. The number of aliphatic imine (C=N–C) groups is 1. The Morgan fingerprint density at radius 1 is 1.18 bits per heavy atom. The molecule has 2 amide bonds. The number of thioether (sulfide) groups is 1. The Morgan fingerprint density at radius 3 is 2.54 bits per heavy atom. The molecule has 1 aliphatic heterocycles. The van der Waals surface area contributed by atoms with Crippen molar-refractivity contribution in [3.8, 4) is 0 Å². The number of amidine groups is 1. The number of rotatable bonds is 4. The topological polar surface area (TPSA) is 70.6 Å². The lowest BCUT2D eigenvalue weighted by Crippen LogP contribution is -2.28. The molecule has 0 spiro atoms. The molecule has 1 atom stereocenters. The van der Waals surface area contributed by atoms with Crippen LogP contribution in [0.1, 0.15) is 17.5 Å². The van der Waals surface area contributed by atoms with Crippen molar-refractivity contribution >= 4 is 40.1 Å². The van der Waals surface area contributed by atoms with E-state index in [1.807, 2.05) is 19.1 Å². The number of hydrogen-bond acceptors (Lipinski definition) is 4. The van der Waals surface area contributed by atoms with E-state index in [1.165, 1.54) is 18.2 Å². The molecule has 1 saturated heterocycles. The molecule has 0 saturated carbocycles. The van der Waals surface area contributed by atoms with Crippen LogP contribution in [0.3, 0.4) is 0 Å². The van der Waals surface area contributed by atoms with E-state index in [4.69, 9.17) is 0 Å². The van der Waals surface area contributed by atoms with Crippen molar-refractivity contribution in [3.63, 3.8) is 0 Å². The SMILES string of the molecule is Cc1ccc(N=C2NC(=O)[C@@H](CC(=O)Nc3ccccc3C(F)(F)F)S2)cc1. The third-order valence-corrected chi connectivity index (χ3v) is 5.00. The maximum Gasteiger partial charge on any atom is 0.418 e. The average Bonchev–Trinajstić information content (AvgIpc) is 2.95. The number of hydrogen-bond donors (Lipinski definition) is 2. The van der Waals surface area contributed by atoms with E-state index in [-0.39, 0.29) is 12.1 Å². The van der Waals surface area contributed by atoms with Crippen molar-refractivity contribution in [2.24, 2.45) is 4.99 Å². The van der Waals surface area contributed by atoms with E-state index in [0.717, 1.165) is 23.4 Å². The number of halogens is 3. The number of amides is 2. The van der Waals surface area contributed by atoms with Crippen LogP contribution in [-0.4, -0.2) is 22.2 Å². The maximum atomic E-state index is 13.0. The van der Waals surface area contributed by atoms with Gasteiger partial charge in [0.25, 0.3) is 0 Å².